The molecule has 0 spiro atoms. The number of rotatable bonds is 5. The van der Waals surface area contributed by atoms with Gasteiger partial charge in [0.2, 0.25) is 0 Å². The molecule has 0 aliphatic rings. The Balaban J connectivity index is 2.94. The van der Waals surface area contributed by atoms with Crippen LogP contribution in [0.5, 0.6) is 0 Å². The molecule has 16 heavy (non-hydrogen) atoms. The minimum Gasteiger partial charge on any atom is -0.331 e. The fourth-order valence-electron chi connectivity index (χ4n) is 1.36. The summed E-state index contributed by atoms with van der Waals surface area (Å²) in [5.74, 6) is -0.858. The quantitative estimate of drug-likeness (QED) is 0.697. The lowest BCUT2D eigenvalue weighted by atomic mass is 10.2. The second kappa shape index (κ2) is 5.85. The molecule has 1 aromatic rings. The number of hydrogen-bond acceptors (Lipinski definition) is 1. The lowest BCUT2D eigenvalue weighted by Crippen LogP contribution is -2.31. The maximum absolute atomic E-state index is 13.4. The fraction of sp³-hybridized carbons (Fsp3) is 0.154. The summed E-state index contributed by atoms with van der Waals surface area (Å²) >= 11 is 0. The highest BCUT2D eigenvalue weighted by Gasteiger charge is 2.16. The van der Waals surface area contributed by atoms with Crippen molar-refractivity contribution in [2.45, 2.75) is 0 Å². The summed E-state index contributed by atoms with van der Waals surface area (Å²) in [6, 6.07) is 5.93. The van der Waals surface area contributed by atoms with Crippen molar-refractivity contribution in [2.24, 2.45) is 0 Å². The Morgan fingerprint density at radius 2 is 1.81 bits per heavy atom. The standard InChI is InChI=1S/C13H14FNO/c1-3-9-15(10-4-2)13(16)11-7-5-6-8-12(11)14/h3-8H,1-2,9-10H2. The number of nitrogens with zero attached hydrogens (tertiary/aromatic N) is 1. The molecule has 0 aliphatic heterocycles. The Morgan fingerprint density at radius 3 is 2.31 bits per heavy atom. The van der Waals surface area contributed by atoms with Crippen molar-refractivity contribution >= 4 is 5.91 Å². The fourth-order valence-corrected chi connectivity index (χ4v) is 1.36. The third kappa shape index (κ3) is 2.79. The monoisotopic (exact) mass is 219 g/mol. The van der Waals surface area contributed by atoms with Gasteiger partial charge in [0.1, 0.15) is 5.82 Å². The Morgan fingerprint density at radius 1 is 1.25 bits per heavy atom. The number of carbonyl (C=O) groups is 1. The van der Waals surface area contributed by atoms with E-state index in [1.807, 2.05) is 0 Å². The van der Waals surface area contributed by atoms with Gasteiger partial charge in [-0.3, -0.25) is 4.79 Å². The van der Waals surface area contributed by atoms with Crippen molar-refractivity contribution < 1.29 is 9.18 Å². The molecule has 3 heteroatoms. The Labute approximate surface area is 94.7 Å². The van der Waals surface area contributed by atoms with Crippen molar-refractivity contribution in [3.05, 3.63) is 61.0 Å². The summed E-state index contributed by atoms with van der Waals surface area (Å²) in [4.78, 5) is 13.4. The Kier molecular flexibility index (Phi) is 4.45. The van der Waals surface area contributed by atoms with Crippen LogP contribution in [-0.2, 0) is 0 Å². The van der Waals surface area contributed by atoms with E-state index < -0.39 is 5.82 Å². The van der Waals surface area contributed by atoms with E-state index in [4.69, 9.17) is 0 Å². The van der Waals surface area contributed by atoms with Crippen molar-refractivity contribution in [1.29, 1.82) is 0 Å². The maximum Gasteiger partial charge on any atom is 0.257 e. The van der Waals surface area contributed by atoms with Crippen LogP contribution in [0.25, 0.3) is 0 Å². The van der Waals surface area contributed by atoms with Gasteiger partial charge in [-0.1, -0.05) is 24.3 Å². The molecular formula is C13H14FNO. The molecule has 0 heterocycles. The average molecular weight is 219 g/mol. The third-order valence-electron chi connectivity index (χ3n) is 2.09. The number of hydrogen-bond donors (Lipinski definition) is 0. The number of carbonyl (C=O) groups excluding carboxylic acids is 1. The van der Waals surface area contributed by atoms with Crippen molar-refractivity contribution in [3.63, 3.8) is 0 Å². The number of amides is 1. The van der Waals surface area contributed by atoms with E-state index in [9.17, 15) is 9.18 Å². The van der Waals surface area contributed by atoms with Crippen LogP contribution in [0.3, 0.4) is 0 Å². The van der Waals surface area contributed by atoms with E-state index in [0.717, 1.165) is 0 Å². The van der Waals surface area contributed by atoms with Gasteiger partial charge in [-0.15, -0.1) is 13.2 Å². The molecule has 0 atom stereocenters. The van der Waals surface area contributed by atoms with Crippen LogP contribution < -0.4 is 0 Å². The van der Waals surface area contributed by atoms with Crippen molar-refractivity contribution in [1.82, 2.24) is 4.90 Å². The van der Waals surface area contributed by atoms with Gasteiger partial charge in [0, 0.05) is 13.1 Å². The molecule has 0 radical (unpaired) electrons. The van der Waals surface area contributed by atoms with E-state index >= 15 is 0 Å². The van der Waals surface area contributed by atoms with E-state index in [2.05, 4.69) is 13.2 Å². The highest BCUT2D eigenvalue weighted by molar-refractivity contribution is 5.94. The molecule has 0 fully saturated rings. The van der Waals surface area contributed by atoms with Crippen molar-refractivity contribution in [3.8, 4) is 0 Å². The van der Waals surface area contributed by atoms with Crippen LogP contribution in [0.2, 0.25) is 0 Å². The zero-order valence-corrected chi connectivity index (χ0v) is 9.03. The highest BCUT2D eigenvalue weighted by Crippen LogP contribution is 2.10. The smallest absolute Gasteiger partial charge is 0.257 e. The molecule has 0 aromatic heterocycles. The predicted octanol–water partition coefficient (Wildman–Crippen LogP) is 2.64. The first kappa shape index (κ1) is 12.2. The molecule has 1 aromatic carbocycles. The largest absolute Gasteiger partial charge is 0.331 e. The van der Waals surface area contributed by atoms with Crippen LogP contribution in [0.15, 0.2) is 49.6 Å². The first-order valence-corrected chi connectivity index (χ1v) is 4.96. The van der Waals surface area contributed by atoms with Crippen molar-refractivity contribution in [2.75, 3.05) is 13.1 Å². The molecule has 84 valence electrons. The molecule has 0 unspecified atom stereocenters. The van der Waals surface area contributed by atoms with Crippen LogP contribution in [0, 0.1) is 5.82 Å². The molecular weight excluding hydrogens is 205 g/mol. The van der Waals surface area contributed by atoms with Crippen LogP contribution >= 0.6 is 0 Å². The summed E-state index contributed by atoms with van der Waals surface area (Å²) in [7, 11) is 0. The maximum atomic E-state index is 13.4. The summed E-state index contributed by atoms with van der Waals surface area (Å²) in [5.41, 5.74) is 0.0752. The molecule has 0 aliphatic carbocycles. The second-order valence-electron chi connectivity index (χ2n) is 3.27. The van der Waals surface area contributed by atoms with Crippen LogP contribution in [0.1, 0.15) is 10.4 Å². The van der Waals surface area contributed by atoms with E-state index in [1.54, 1.807) is 24.3 Å². The minimum absolute atomic E-state index is 0.0752. The minimum atomic E-state index is -0.509. The molecule has 0 saturated heterocycles. The van der Waals surface area contributed by atoms with Gasteiger partial charge in [-0.2, -0.15) is 0 Å². The van der Waals surface area contributed by atoms with Gasteiger partial charge in [0.05, 0.1) is 5.56 Å². The molecule has 1 rings (SSSR count). The zero-order valence-electron chi connectivity index (χ0n) is 9.03. The summed E-state index contributed by atoms with van der Waals surface area (Å²) in [6.45, 7) is 7.87. The highest BCUT2D eigenvalue weighted by atomic mass is 19.1. The first-order valence-electron chi connectivity index (χ1n) is 4.96. The third-order valence-corrected chi connectivity index (χ3v) is 2.09. The SMILES string of the molecule is C=CCN(CC=C)C(=O)c1ccccc1F. The predicted molar refractivity (Wildman–Crippen MR) is 62.7 cm³/mol. The summed E-state index contributed by atoms with van der Waals surface area (Å²) < 4.78 is 13.4. The molecule has 0 bridgehead atoms. The van der Waals surface area contributed by atoms with E-state index in [1.165, 1.54) is 17.0 Å². The molecule has 1 amide bonds. The average Bonchev–Trinajstić information content (AvgIpc) is 2.28. The second-order valence-corrected chi connectivity index (χ2v) is 3.27. The Bertz CT molecular complexity index is 391. The van der Waals surface area contributed by atoms with Gasteiger partial charge in [-0.25, -0.2) is 4.39 Å². The topological polar surface area (TPSA) is 20.3 Å². The summed E-state index contributed by atoms with van der Waals surface area (Å²) in [5, 5.41) is 0. The van der Waals surface area contributed by atoms with Gasteiger partial charge in [-0.05, 0) is 12.1 Å². The number of benzene rings is 1. The number of halogens is 1. The molecule has 2 nitrogen and oxygen atoms in total. The zero-order chi connectivity index (χ0) is 12.0. The van der Waals surface area contributed by atoms with Gasteiger partial charge in [0.15, 0.2) is 0 Å². The summed E-state index contributed by atoms with van der Waals surface area (Å²) in [6.07, 6.45) is 3.20. The normalized spacial score (nSPS) is 9.56. The van der Waals surface area contributed by atoms with E-state index in [-0.39, 0.29) is 11.5 Å². The van der Waals surface area contributed by atoms with Gasteiger partial charge >= 0.3 is 0 Å². The van der Waals surface area contributed by atoms with Gasteiger partial charge in [0.25, 0.3) is 5.91 Å². The van der Waals surface area contributed by atoms with Crippen LogP contribution in [-0.4, -0.2) is 23.9 Å². The van der Waals surface area contributed by atoms with Crippen LogP contribution in [0.4, 0.5) is 4.39 Å². The van der Waals surface area contributed by atoms with Gasteiger partial charge < -0.3 is 4.90 Å². The van der Waals surface area contributed by atoms with E-state index in [0.29, 0.717) is 13.1 Å². The molecule has 0 saturated carbocycles. The first-order chi connectivity index (χ1) is 7.70. The lowest BCUT2D eigenvalue weighted by molar-refractivity contribution is 0.0786. The Hall–Kier alpha value is -1.90. The molecule has 0 N–H and O–H groups in total. The lowest BCUT2D eigenvalue weighted by Gasteiger charge is -2.19.